The summed E-state index contributed by atoms with van der Waals surface area (Å²) in [6.07, 6.45) is -4.74. The molecule has 6 heteroatoms. The third-order valence-electron chi connectivity index (χ3n) is 2.35. The highest BCUT2D eigenvalue weighted by Gasteiger charge is 2.34. The van der Waals surface area contributed by atoms with Crippen LogP contribution in [0.5, 0.6) is 0 Å². The summed E-state index contributed by atoms with van der Waals surface area (Å²) in [5, 5.41) is 0. The second kappa shape index (κ2) is 4.73. The predicted octanol–water partition coefficient (Wildman–Crippen LogP) is 3.12. The molecule has 1 aromatic rings. The maximum absolute atomic E-state index is 13.2. The van der Waals surface area contributed by atoms with Crippen molar-refractivity contribution in [2.45, 2.75) is 19.0 Å². The van der Waals surface area contributed by atoms with Crippen LogP contribution in [0.25, 0.3) is 0 Å². The molecule has 0 aliphatic rings. The molecule has 0 aliphatic carbocycles. The highest BCUT2D eigenvalue weighted by atomic mass is 19.4. The van der Waals surface area contributed by atoms with Crippen LogP contribution >= 0.6 is 0 Å². The molecule has 0 bridgehead atoms. The Morgan fingerprint density at radius 1 is 1.35 bits per heavy atom. The van der Waals surface area contributed by atoms with Gasteiger partial charge < -0.3 is 4.74 Å². The zero-order valence-corrected chi connectivity index (χ0v) is 9.14. The van der Waals surface area contributed by atoms with Crippen molar-refractivity contribution < 1.29 is 27.1 Å². The predicted molar refractivity (Wildman–Crippen MR) is 51.8 cm³/mol. The quantitative estimate of drug-likeness (QED) is 0.595. The average Bonchev–Trinajstić information content (AvgIpc) is 2.25. The van der Waals surface area contributed by atoms with E-state index in [2.05, 4.69) is 4.74 Å². The largest absolute Gasteiger partial charge is 0.469 e. The molecular weight excluding hydrogens is 240 g/mol. The Hall–Kier alpha value is -1.59. The third-order valence-corrected chi connectivity index (χ3v) is 2.35. The van der Waals surface area contributed by atoms with Crippen LogP contribution in [0.15, 0.2) is 18.2 Å². The lowest BCUT2D eigenvalue weighted by Crippen LogP contribution is -2.13. The summed E-state index contributed by atoms with van der Waals surface area (Å²) < 4.78 is 54.4. The monoisotopic (exact) mass is 250 g/mol. The molecule has 0 fully saturated rings. The van der Waals surface area contributed by atoms with Crippen LogP contribution in [-0.2, 0) is 15.7 Å². The molecule has 0 radical (unpaired) electrons. The maximum Gasteiger partial charge on any atom is 0.419 e. The Morgan fingerprint density at radius 2 is 1.94 bits per heavy atom. The van der Waals surface area contributed by atoms with Gasteiger partial charge in [0.15, 0.2) is 0 Å². The zero-order valence-electron chi connectivity index (χ0n) is 9.14. The zero-order chi connectivity index (χ0) is 13.2. The van der Waals surface area contributed by atoms with Gasteiger partial charge in [-0.15, -0.1) is 0 Å². The van der Waals surface area contributed by atoms with Gasteiger partial charge in [-0.25, -0.2) is 4.39 Å². The Kier molecular flexibility index (Phi) is 3.75. The van der Waals surface area contributed by atoms with E-state index in [9.17, 15) is 22.4 Å². The van der Waals surface area contributed by atoms with E-state index in [-0.39, 0.29) is 5.56 Å². The first kappa shape index (κ1) is 13.5. The second-order valence-corrected chi connectivity index (χ2v) is 3.48. The highest BCUT2D eigenvalue weighted by molar-refractivity contribution is 5.77. The Bertz CT molecular complexity index is 426. The smallest absolute Gasteiger partial charge is 0.419 e. The number of methoxy groups -OCH3 is 1. The SMILES string of the molecule is COC(=O)C(C)c1ccc(C(F)(F)F)c(F)c1. The molecule has 0 spiro atoms. The summed E-state index contributed by atoms with van der Waals surface area (Å²) >= 11 is 0. The van der Waals surface area contributed by atoms with E-state index >= 15 is 0 Å². The number of carbonyl (C=O) groups excluding carboxylic acids is 1. The lowest BCUT2D eigenvalue weighted by Gasteiger charge is -2.12. The molecule has 0 N–H and O–H groups in total. The molecular formula is C11H10F4O2. The number of halogens is 4. The molecule has 0 aromatic heterocycles. The van der Waals surface area contributed by atoms with Crippen LogP contribution in [0.2, 0.25) is 0 Å². The summed E-state index contributed by atoms with van der Waals surface area (Å²) in [5.41, 5.74) is -1.21. The van der Waals surface area contributed by atoms with Gasteiger partial charge in [0.05, 0.1) is 18.6 Å². The lowest BCUT2D eigenvalue weighted by atomic mass is 9.99. The number of hydrogen-bond acceptors (Lipinski definition) is 2. The summed E-state index contributed by atoms with van der Waals surface area (Å²) in [6, 6.07) is 2.38. The standard InChI is InChI=1S/C11H10F4O2/c1-6(10(16)17-2)7-3-4-8(9(12)5-7)11(13,14)15/h3-6H,1-2H3. The molecule has 1 rings (SSSR count). The van der Waals surface area contributed by atoms with E-state index in [1.54, 1.807) is 0 Å². The molecule has 1 unspecified atom stereocenters. The summed E-state index contributed by atoms with van der Waals surface area (Å²) in [4.78, 5) is 11.1. The molecule has 0 saturated carbocycles. The van der Waals surface area contributed by atoms with E-state index in [1.165, 1.54) is 6.92 Å². The number of ether oxygens (including phenoxy) is 1. The first-order valence-electron chi connectivity index (χ1n) is 4.72. The van der Waals surface area contributed by atoms with Crippen LogP contribution in [0.3, 0.4) is 0 Å². The van der Waals surface area contributed by atoms with Crippen LogP contribution in [-0.4, -0.2) is 13.1 Å². The number of alkyl halides is 3. The van der Waals surface area contributed by atoms with Crippen molar-refractivity contribution in [1.29, 1.82) is 0 Å². The number of esters is 1. The molecule has 17 heavy (non-hydrogen) atoms. The normalized spacial score (nSPS) is 13.3. The Morgan fingerprint density at radius 3 is 2.35 bits per heavy atom. The van der Waals surface area contributed by atoms with E-state index in [4.69, 9.17) is 0 Å². The van der Waals surface area contributed by atoms with Gasteiger partial charge in [-0.3, -0.25) is 4.79 Å². The van der Waals surface area contributed by atoms with Gasteiger partial charge in [-0.2, -0.15) is 13.2 Å². The molecule has 0 amide bonds. The van der Waals surface area contributed by atoms with Crippen molar-refractivity contribution in [1.82, 2.24) is 0 Å². The van der Waals surface area contributed by atoms with E-state index in [0.717, 1.165) is 13.2 Å². The fourth-order valence-electron chi connectivity index (χ4n) is 1.34. The van der Waals surface area contributed by atoms with Crippen LogP contribution in [0, 0.1) is 5.82 Å². The van der Waals surface area contributed by atoms with Gasteiger partial charge in [0.2, 0.25) is 0 Å². The minimum absolute atomic E-state index is 0.141. The van der Waals surface area contributed by atoms with Crippen molar-refractivity contribution in [3.63, 3.8) is 0 Å². The fraction of sp³-hybridized carbons (Fsp3) is 0.364. The van der Waals surface area contributed by atoms with E-state index < -0.39 is 29.4 Å². The second-order valence-electron chi connectivity index (χ2n) is 3.48. The fourth-order valence-corrected chi connectivity index (χ4v) is 1.34. The highest BCUT2D eigenvalue weighted by Crippen LogP contribution is 2.32. The summed E-state index contributed by atoms with van der Waals surface area (Å²) in [6.45, 7) is 1.42. The molecule has 1 aromatic carbocycles. The van der Waals surface area contributed by atoms with Gasteiger partial charge in [-0.05, 0) is 24.6 Å². The van der Waals surface area contributed by atoms with Gasteiger partial charge in [0.25, 0.3) is 0 Å². The topological polar surface area (TPSA) is 26.3 Å². The average molecular weight is 250 g/mol. The van der Waals surface area contributed by atoms with E-state index in [0.29, 0.717) is 12.1 Å². The molecule has 0 saturated heterocycles. The van der Waals surface area contributed by atoms with Gasteiger partial charge in [0, 0.05) is 0 Å². The Balaban J connectivity index is 3.09. The number of carbonyl (C=O) groups is 1. The minimum atomic E-state index is -4.74. The van der Waals surface area contributed by atoms with Crippen molar-refractivity contribution in [3.05, 3.63) is 35.1 Å². The molecule has 2 nitrogen and oxygen atoms in total. The molecule has 1 atom stereocenters. The number of benzene rings is 1. The Labute approximate surface area is 95.2 Å². The van der Waals surface area contributed by atoms with Crippen molar-refractivity contribution in [3.8, 4) is 0 Å². The first-order chi connectivity index (χ1) is 7.77. The summed E-state index contributed by atoms with van der Waals surface area (Å²) in [5.74, 6) is -2.84. The summed E-state index contributed by atoms with van der Waals surface area (Å²) in [7, 11) is 1.15. The maximum atomic E-state index is 13.2. The van der Waals surface area contributed by atoms with Crippen molar-refractivity contribution in [2.24, 2.45) is 0 Å². The first-order valence-corrected chi connectivity index (χ1v) is 4.72. The van der Waals surface area contributed by atoms with Crippen molar-refractivity contribution >= 4 is 5.97 Å². The van der Waals surface area contributed by atoms with Gasteiger partial charge in [0.1, 0.15) is 5.82 Å². The number of rotatable bonds is 2. The third kappa shape index (κ3) is 2.95. The van der Waals surface area contributed by atoms with Crippen molar-refractivity contribution in [2.75, 3.05) is 7.11 Å². The minimum Gasteiger partial charge on any atom is -0.469 e. The van der Waals surface area contributed by atoms with E-state index in [1.807, 2.05) is 0 Å². The molecule has 0 heterocycles. The van der Waals surface area contributed by atoms with Gasteiger partial charge in [-0.1, -0.05) is 6.07 Å². The van der Waals surface area contributed by atoms with Crippen LogP contribution in [0.4, 0.5) is 17.6 Å². The lowest BCUT2D eigenvalue weighted by molar-refractivity contribution is -0.142. The van der Waals surface area contributed by atoms with Gasteiger partial charge >= 0.3 is 12.1 Å². The molecule has 0 aliphatic heterocycles. The van der Waals surface area contributed by atoms with Crippen LogP contribution < -0.4 is 0 Å². The van der Waals surface area contributed by atoms with Crippen LogP contribution in [0.1, 0.15) is 24.0 Å². The molecule has 94 valence electrons. The number of hydrogen-bond donors (Lipinski definition) is 0.